The molecule has 0 fully saturated rings. The van der Waals surface area contributed by atoms with Crippen molar-refractivity contribution in [2.45, 2.75) is 43.0 Å². The van der Waals surface area contributed by atoms with Gasteiger partial charge in [-0.05, 0) is 77.7 Å². The molecule has 0 saturated carbocycles. The standard InChI is InChI=1S/C32H34N2O7S2/c1-4-18-34(19-5-2)43(39,40)28-16-12-24(13-17-28)32(36)41-30-21-26-9-7-6-8-25(26)20-29(30)31(35)33-22-23-10-14-27(15-11-23)42(3,37)38/h6-17,20-21H,4-5,18-19,22H2,1-3H3,(H,33,35). The zero-order valence-corrected chi connectivity index (χ0v) is 25.9. The van der Waals surface area contributed by atoms with Crippen molar-refractivity contribution in [1.29, 1.82) is 0 Å². The highest BCUT2D eigenvalue weighted by atomic mass is 32.2. The van der Waals surface area contributed by atoms with Crippen LogP contribution in [0.2, 0.25) is 0 Å². The van der Waals surface area contributed by atoms with Gasteiger partial charge in [0.15, 0.2) is 9.84 Å². The summed E-state index contributed by atoms with van der Waals surface area (Å²) in [6, 6.07) is 22.3. The van der Waals surface area contributed by atoms with Crippen LogP contribution in [-0.2, 0) is 26.4 Å². The monoisotopic (exact) mass is 622 g/mol. The first-order valence-corrected chi connectivity index (χ1v) is 17.2. The topological polar surface area (TPSA) is 127 Å². The fraction of sp³-hybridized carbons (Fsp3) is 0.250. The third-order valence-electron chi connectivity index (χ3n) is 6.77. The summed E-state index contributed by atoms with van der Waals surface area (Å²) in [5, 5.41) is 4.32. The van der Waals surface area contributed by atoms with Gasteiger partial charge in [0.1, 0.15) is 5.75 Å². The summed E-state index contributed by atoms with van der Waals surface area (Å²) in [5.41, 5.74) is 0.947. The van der Waals surface area contributed by atoms with Crippen molar-refractivity contribution >= 4 is 42.5 Å². The van der Waals surface area contributed by atoms with Crippen molar-refractivity contribution in [3.8, 4) is 5.75 Å². The fourth-order valence-electron chi connectivity index (χ4n) is 4.54. The molecule has 4 aromatic carbocycles. The van der Waals surface area contributed by atoms with E-state index < -0.39 is 31.7 Å². The predicted molar refractivity (Wildman–Crippen MR) is 165 cm³/mol. The van der Waals surface area contributed by atoms with Crippen LogP contribution in [0, 0.1) is 0 Å². The van der Waals surface area contributed by atoms with Crippen molar-refractivity contribution in [3.05, 3.63) is 102 Å². The molecule has 0 saturated heterocycles. The van der Waals surface area contributed by atoms with Gasteiger partial charge in [0.05, 0.1) is 20.9 Å². The number of hydrogen-bond acceptors (Lipinski definition) is 7. The zero-order chi connectivity index (χ0) is 31.2. The first-order chi connectivity index (χ1) is 20.4. The smallest absolute Gasteiger partial charge is 0.343 e. The molecule has 0 aromatic heterocycles. The van der Waals surface area contributed by atoms with E-state index >= 15 is 0 Å². The quantitative estimate of drug-likeness (QED) is 0.170. The molecule has 0 aliphatic carbocycles. The Morgan fingerprint density at radius 1 is 0.767 bits per heavy atom. The van der Waals surface area contributed by atoms with Gasteiger partial charge in [0.2, 0.25) is 10.0 Å². The molecule has 0 aliphatic rings. The lowest BCUT2D eigenvalue weighted by atomic mass is 10.0. The minimum atomic E-state index is -3.71. The van der Waals surface area contributed by atoms with Crippen LogP contribution in [0.1, 0.15) is 53.0 Å². The summed E-state index contributed by atoms with van der Waals surface area (Å²) in [4.78, 5) is 26.7. The van der Waals surface area contributed by atoms with Gasteiger partial charge in [0, 0.05) is 25.9 Å². The summed E-state index contributed by atoms with van der Waals surface area (Å²) in [7, 11) is -7.05. The highest BCUT2D eigenvalue weighted by Gasteiger charge is 2.24. The molecule has 0 bridgehead atoms. The molecule has 9 nitrogen and oxygen atoms in total. The number of sulfone groups is 1. The molecule has 0 radical (unpaired) electrons. The van der Waals surface area contributed by atoms with Gasteiger partial charge in [-0.15, -0.1) is 0 Å². The normalized spacial score (nSPS) is 11.9. The summed E-state index contributed by atoms with van der Waals surface area (Å²) in [6.07, 6.45) is 2.48. The second-order valence-electron chi connectivity index (χ2n) is 10.1. The van der Waals surface area contributed by atoms with Gasteiger partial charge in [0.25, 0.3) is 5.91 Å². The summed E-state index contributed by atoms with van der Waals surface area (Å²) in [6.45, 7) is 4.75. The van der Waals surface area contributed by atoms with Crippen molar-refractivity contribution in [2.24, 2.45) is 0 Å². The van der Waals surface area contributed by atoms with Crippen molar-refractivity contribution < 1.29 is 31.2 Å². The molecule has 43 heavy (non-hydrogen) atoms. The second-order valence-corrected chi connectivity index (χ2v) is 14.1. The molecule has 0 unspecified atom stereocenters. The minimum Gasteiger partial charge on any atom is -0.422 e. The van der Waals surface area contributed by atoms with Crippen LogP contribution in [-0.4, -0.2) is 52.4 Å². The predicted octanol–water partition coefficient (Wildman–Crippen LogP) is 5.20. The van der Waals surface area contributed by atoms with E-state index in [1.165, 1.54) is 40.7 Å². The molecule has 11 heteroatoms. The highest BCUT2D eigenvalue weighted by molar-refractivity contribution is 7.90. The van der Waals surface area contributed by atoms with Gasteiger partial charge in [-0.2, -0.15) is 4.31 Å². The fourth-order valence-corrected chi connectivity index (χ4v) is 6.79. The van der Waals surface area contributed by atoms with Gasteiger partial charge >= 0.3 is 5.97 Å². The number of carbonyl (C=O) groups excluding carboxylic acids is 2. The van der Waals surface area contributed by atoms with E-state index in [-0.39, 0.29) is 33.2 Å². The Hall–Kier alpha value is -4.06. The number of amides is 1. The van der Waals surface area contributed by atoms with E-state index in [4.69, 9.17) is 4.74 Å². The Morgan fingerprint density at radius 3 is 1.88 bits per heavy atom. The van der Waals surface area contributed by atoms with Crippen LogP contribution >= 0.6 is 0 Å². The SMILES string of the molecule is CCCN(CCC)S(=O)(=O)c1ccc(C(=O)Oc2cc3ccccc3cc2C(=O)NCc2ccc(S(C)(=O)=O)cc2)cc1. The molecule has 0 aliphatic heterocycles. The molecule has 1 amide bonds. The Bertz CT molecular complexity index is 1830. The van der Waals surface area contributed by atoms with Gasteiger partial charge in [-0.25, -0.2) is 21.6 Å². The lowest BCUT2D eigenvalue weighted by Gasteiger charge is -2.21. The number of esters is 1. The Kier molecular flexibility index (Phi) is 10.0. The maximum atomic E-state index is 13.3. The van der Waals surface area contributed by atoms with Crippen molar-refractivity contribution in [3.63, 3.8) is 0 Å². The van der Waals surface area contributed by atoms with Crippen LogP contribution < -0.4 is 10.1 Å². The van der Waals surface area contributed by atoms with Crippen molar-refractivity contribution in [2.75, 3.05) is 19.3 Å². The molecule has 0 atom stereocenters. The van der Waals surface area contributed by atoms with Crippen LogP contribution in [0.5, 0.6) is 5.75 Å². The van der Waals surface area contributed by atoms with Crippen LogP contribution in [0.3, 0.4) is 0 Å². The second kappa shape index (κ2) is 13.5. The van der Waals surface area contributed by atoms with Crippen LogP contribution in [0.15, 0.2) is 94.7 Å². The van der Waals surface area contributed by atoms with Crippen molar-refractivity contribution in [1.82, 2.24) is 9.62 Å². The average molecular weight is 623 g/mol. The average Bonchev–Trinajstić information content (AvgIpc) is 2.99. The third kappa shape index (κ3) is 7.67. The molecule has 4 aromatic rings. The number of sulfonamides is 1. The summed E-state index contributed by atoms with van der Waals surface area (Å²) >= 11 is 0. The lowest BCUT2D eigenvalue weighted by molar-refractivity contribution is 0.0732. The number of ether oxygens (including phenoxy) is 1. The molecule has 0 spiro atoms. The number of fused-ring (bicyclic) bond motifs is 1. The van der Waals surface area contributed by atoms with E-state index in [0.717, 1.165) is 17.0 Å². The highest BCUT2D eigenvalue weighted by Crippen LogP contribution is 2.28. The zero-order valence-electron chi connectivity index (χ0n) is 24.2. The maximum absolute atomic E-state index is 13.3. The number of benzene rings is 4. The molecule has 1 N–H and O–H groups in total. The van der Waals surface area contributed by atoms with Gasteiger partial charge in [-0.3, -0.25) is 4.79 Å². The van der Waals surface area contributed by atoms with Gasteiger partial charge in [-0.1, -0.05) is 50.2 Å². The maximum Gasteiger partial charge on any atom is 0.343 e. The number of hydrogen-bond donors (Lipinski definition) is 1. The first kappa shape index (κ1) is 31.9. The van der Waals surface area contributed by atoms with E-state index in [2.05, 4.69) is 5.32 Å². The lowest BCUT2D eigenvalue weighted by Crippen LogP contribution is -2.32. The molecule has 4 rings (SSSR count). The Labute approximate surface area is 252 Å². The number of carbonyl (C=O) groups is 2. The summed E-state index contributed by atoms with van der Waals surface area (Å²) < 4.78 is 56.8. The summed E-state index contributed by atoms with van der Waals surface area (Å²) in [5.74, 6) is -1.19. The van der Waals surface area contributed by atoms with Crippen LogP contribution in [0.25, 0.3) is 10.8 Å². The van der Waals surface area contributed by atoms with Crippen LogP contribution in [0.4, 0.5) is 0 Å². The Balaban J connectivity index is 1.56. The Morgan fingerprint density at radius 2 is 1.33 bits per heavy atom. The number of rotatable bonds is 12. The largest absolute Gasteiger partial charge is 0.422 e. The third-order valence-corrected chi connectivity index (χ3v) is 9.81. The van der Waals surface area contributed by atoms with Gasteiger partial charge < -0.3 is 10.1 Å². The minimum absolute atomic E-state index is 0.0439. The number of nitrogens with zero attached hydrogens (tertiary/aromatic N) is 1. The van der Waals surface area contributed by atoms with E-state index in [1.54, 1.807) is 24.3 Å². The molecular formula is C32H34N2O7S2. The molecule has 0 heterocycles. The molecule has 226 valence electrons. The number of nitrogens with one attached hydrogen (secondary N) is 1. The molecular weight excluding hydrogens is 588 g/mol. The van der Waals surface area contributed by atoms with E-state index in [1.807, 2.05) is 38.1 Å². The van der Waals surface area contributed by atoms with E-state index in [9.17, 15) is 26.4 Å². The first-order valence-electron chi connectivity index (χ1n) is 13.9. The van der Waals surface area contributed by atoms with E-state index in [0.29, 0.717) is 31.5 Å².